The Bertz CT molecular complexity index is 552. The minimum absolute atomic E-state index is 0.386. The molecule has 0 amide bonds. The van der Waals surface area contributed by atoms with Crippen molar-refractivity contribution in [3.63, 3.8) is 0 Å². The van der Waals surface area contributed by atoms with E-state index in [9.17, 15) is 0 Å². The second-order valence-electron chi connectivity index (χ2n) is 5.27. The van der Waals surface area contributed by atoms with Gasteiger partial charge in [0.2, 0.25) is 0 Å². The van der Waals surface area contributed by atoms with Crippen molar-refractivity contribution < 1.29 is 0 Å². The van der Waals surface area contributed by atoms with Gasteiger partial charge < -0.3 is 5.32 Å². The first-order valence-electron chi connectivity index (χ1n) is 6.90. The number of aromatic nitrogens is 1. The molecule has 0 aromatic carbocycles. The molecule has 1 aliphatic rings. The van der Waals surface area contributed by atoms with Gasteiger partial charge in [-0.2, -0.15) is 11.8 Å². The smallest absolute Gasteiger partial charge is 0.0809 e. The van der Waals surface area contributed by atoms with Gasteiger partial charge in [0.25, 0.3) is 0 Å². The topological polar surface area (TPSA) is 24.9 Å². The largest absolute Gasteiger partial charge is 0.306 e. The molecule has 1 aliphatic carbocycles. The highest BCUT2D eigenvalue weighted by Gasteiger charge is 2.27. The van der Waals surface area contributed by atoms with Crippen LogP contribution in [0.5, 0.6) is 0 Å². The molecule has 2 heterocycles. The molecule has 0 aliphatic heterocycles. The summed E-state index contributed by atoms with van der Waals surface area (Å²) < 4.78 is 1.29. The number of thiophene rings is 1. The molecule has 4 heteroatoms. The first kappa shape index (κ1) is 13.4. The fourth-order valence-electron chi connectivity index (χ4n) is 2.91. The average molecular weight is 292 g/mol. The van der Waals surface area contributed by atoms with Crippen molar-refractivity contribution in [3.8, 4) is 0 Å². The molecule has 3 rings (SSSR count). The lowest BCUT2D eigenvalue weighted by Gasteiger charge is -2.24. The number of thioether (sulfide) groups is 1. The molecule has 0 spiro atoms. The summed E-state index contributed by atoms with van der Waals surface area (Å²) in [6, 6.07) is 5.41. The summed E-state index contributed by atoms with van der Waals surface area (Å²) in [7, 11) is 0. The van der Waals surface area contributed by atoms with Gasteiger partial charge in [-0.15, -0.1) is 11.3 Å². The van der Waals surface area contributed by atoms with Gasteiger partial charge in [-0.05, 0) is 49.1 Å². The van der Waals surface area contributed by atoms with Crippen LogP contribution in [0, 0.1) is 0 Å². The highest BCUT2D eigenvalue weighted by Crippen LogP contribution is 2.30. The van der Waals surface area contributed by atoms with Gasteiger partial charge in [0.1, 0.15) is 0 Å². The van der Waals surface area contributed by atoms with Crippen molar-refractivity contribution in [2.24, 2.45) is 0 Å². The molecule has 3 atom stereocenters. The predicted octanol–water partition coefficient (Wildman–Crippen LogP) is 4.23. The van der Waals surface area contributed by atoms with Crippen LogP contribution in [0.25, 0.3) is 10.2 Å². The third-order valence-electron chi connectivity index (χ3n) is 4.04. The summed E-state index contributed by atoms with van der Waals surface area (Å²) in [5.41, 5.74) is 2.42. The lowest BCUT2D eigenvalue weighted by molar-refractivity contribution is 0.467. The van der Waals surface area contributed by atoms with Crippen molar-refractivity contribution in [1.29, 1.82) is 0 Å². The second kappa shape index (κ2) is 5.81. The Hall–Kier alpha value is -0.580. The van der Waals surface area contributed by atoms with Gasteiger partial charge in [-0.25, -0.2) is 0 Å². The number of nitrogens with one attached hydrogen (secondary N) is 1. The Labute approximate surface area is 123 Å². The molecule has 0 saturated heterocycles. The van der Waals surface area contributed by atoms with Crippen molar-refractivity contribution in [2.45, 2.75) is 43.5 Å². The van der Waals surface area contributed by atoms with Gasteiger partial charge in [0.15, 0.2) is 0 Å². The first-order valence-corrected chi connectivity index (χ1v) is 9.06. The van der Waals surface area contributed by atoms with E-state index >= 15 is 0 Å². The quantitative estimate of drug-likeness (QED) is 0.913. The van der Waals surface area contributed by atoms with Crippen LogP contribution < -0.4 is 5.32 Å². The van der Waals surface area contributed by atoms with E-state index in [2.05, 4.69) is 41.0 Å². The molecule has 1 N–H and O–H groups in total. The van der Waals surface area contributed by atoms with E-state index in [1.807, 2.05) is 18.0 Å². The molecule has 1 saturated carbocycles. The molecule has 1 fully saturated rings. The summed E-state index contributed by atoms with van der Waals surface area (Å²) in [6.45, 7) is 2.26. The van der Waals surface area contributed by atoms with E-state index in [-0.39, 0.29) is 0 Å². The monoisotopic (exact) mass is 292 g/mol. The predicted molar refractivity (Wildman–Crippen MR) is 86.1 cm³/mol. The SMILES string of the molecule is CSC1CCCC1NC(C)c1cnc2ccsc2c1. The normalized spacial score (nSPS) is 24.9. The Morgan fingerprint density at radius 1 is 1.47 bits per heavy atom. The van der Waals surface area contributed by atoms with Crippen LogP contribution in [0.15, 0.2) is 23.7 Å². The zero-order chi connectivity index (χ0) is 13.2. The molecule has 0 bridgehead atoms. The van der Waals surface area contributed by atoms with Crippen LogP contribution in [0.3, 0.4) is 0 Å². The molecule has 2 aromatic rings. The molecule has 102 valence electrons. The minimum Gasteiger partial charge on any atom is -0.306 e. The Morgan fingerprint density at radius 2 is 2.37 bits per heavy atom. The minimum atomic E-state index is 0.386. The number of nitrogens with zero attached hydrogens (tertiary/aromatic N) is 1. The van der Waals surface area contributed by atoms with E-state index in [4.69, 9.17) is 0 Å². The van der Waals surface area contributed by atoms with Crippen LogP contribution in [-0.4, -0.2) is 22.5 Å². The highest BCUT2D eigenvalue weighted by atomic mass is 32.2. The molecule has 2 nitrogen and oxygen atoms in total. The third kappa shape index (κ3) is 2.81. The second-order valence-corrected chi connectivity index (χ2v) is 7.30. The summed E-state index contributed by atoms with van der Waals surface area (Å²) in [4.78, 5) is 4.54. The van der Waals surface area contributed by atoms with Crippen LogP contribution in [0.2, 0.25) is 0 Å². The summed E-state index contributed by atoms with van der Waals surface area (Å²) in [5, 5.41) is 6.69. The van der Waals surface area contributed by atoms with E-state index in [1.54, 1.807) is 11.3 Å². The average Bonchev–Trinajstić information content (AvgIpc) is 3.05. The summed E-state index contributed by atoms with van der Waals surface area (Å²) in [6.07, 6.45) is 8.28. The Balaban J connectivity index is 1.73. The van der Waals surface area contributed by atoms with E-state index in [0.29, 0.717) is 12.1 Å². The van der Waals surface area contributed by atoms with Crippen molar-refractivity contribution >= 4 is 33.3 Å². The lowest BCUT2D eigenvalue weighted by Crippen LogP contribution is -2.35. The third-order valence-corrected chi connectivity index (χ3v) is 6.07. The molecule has 0 radical (unpaired) electrons. The fraction of sp³-hybridized carbons (Fsp3) is 0.533. The fourth-order valence-corrected chi connectivity index (χ4v) is 4.65. The molecular formula is C15H20N2S2. The van der Waals surface area contributed by atoms with E-state index in [0.717, 1.165) is 10.8 Å². The van der Waals surface area contributed by atoms with Crippen LogP contribution in [0.1, 0.15) is 37.8 Å². The maximum absolute atomic E-state index is 4.54. The standard InChI is InChI=1S/C15H20N2S2/c1-10(17-13-4-3-5-14(13)18-2)11-8-15-12(16-9-11)6-7-19-15/h6-10,13-14,17H,3-5H2,1-2H3. The van der Waals surface area contributed by atoms with Crippen molar-refractivity contribution in [1.82, 2.24) is 10.3 Å². The maximum atomic E-state index is 4.54. The summed E-state index contributed by atoms with van der Waals surface area (Å²) in [5.74, 6) is 0. The van der Waals surface area contributed by atoms with Gasteiger partial charge in [-0.1, -0.05) is 6.42 Å². The lowest BCUT2D eigenvalue weighted by atomic mass is 10.1. The van der Waals surface area contributed by atoms with Crippen molar-refractivity contribution in [3.05, 3.63) is 29.3 Å². The van der Waals surface area contributed by atoms with Crippen LogP contribution in [0.4, 0.5) is 0 Å². The van der Waals surface area contributed by atoms with Gasteiger partial charge in [-0.3, -0.25) is 4.98 Å². The Kier molecular flexibility index (Phi) is 4.10. The van der Waals surface area contributed by atoms with Crippen molar-refractivity contribution in [2.75, 3.05) is 6.26 Å². The number of pyridine rings is 1. The number of hydrogen-bond donors (Lipinski definition) is 1. The Morgan fingerprint density at radius 3 is 3.21 bits per heavy atom. The van der Waals surface area contributed by atoms with Crippen LogP contribution in [-0.2, 0) is 0 Å². The molecular weight excluding hydrogens is 272 g/mol. The van der Waals surface area contributed by atoms with Crippen LogP contribution >= 0.6 is 23.1 Å². The molecule has 2 aromatic heterocycles. The molecule has 19 heavy (non-hydrogen) atoms. The summed E-state index contributed by atoms with van der Waals surface area (Å²) >= 11 is 3.78. The maximum Gasteiger partial charge on any atom is 0.0809 e. The molecule has 3 unspecified atom stereocenters. The van der Waals surface area contributed by atoms with Gasteiger partial charge in [0.05, 0.1) is 10.2 Å². The van der Waals surface area contributed by atoms with Gasteiger partial charge >= 0.3 is 0 Å². The zero-order valence-corrected chi connectivity index (χ0v) is 13.1. The number of rotatable bonds is 4. The number of fused-ring (bicyclic) bond motifs is 1. The van der Waals surface area contributed by atoms with E-state index in [1.165, 1.54) is 29.5 Å². The zero-order valence-electron chi connectivity index (χ0n) is 11.4. The first-order chi connectivity index (χ1) is 9.28. The number of hydrogen-bond acceptors (Lipinski definition) is 4. The van der Waals surface area contributed by atoms with Gasteiger partial charge in [0, 0.05) is 23.5 Å². The highest BCUT2D eigenvalue weighted by molar-refractivity contribution is 7.99. The van der Waals surface area contributed by atoms with E-state index < -0.39 is 0 Å².